The third-order valence-electron chi connectivity index (χ3n) is 11.4. The molecule has 4 aromatic carbocycles. The highest BCUT2D eigenvalue weighted by molar-refractivity contribution is 6.08. The molecule has 0 spiro atoms. The van der Waals surface area contributed by atoms with Gasteiger partial charge in [-0.2, -0.15) is 4.58 Å². The van der Waals surface area contributed by atoms with Crippen molar-refractivity contribution in [1.82, 2.24) is 5.32 Å². The maximum Gasteiger partial charge on any atom is 0.303 e. The molecule has 0 aromatic heterocycles. The summed E-state index contributed by atoms with van der Waals surface area (Å²) >= 11 is 0. The van der Waals surface area contributed by atoms with Gasteiger partial charge in [0.15, 0.2) is 5.71 Å². The summed E-state index contributed by atoms with van der Waals surface area (Å²) in [4.78, 5) is 26.4. The topological polar surface area (TPSA) is 98.7 Å². The molecule has 3 unspecified atom stereocenters. The lowest BCUT2D eigenvalue weighted by Crippen LogP contribution is -2.39. The minimum atomic E-state index is -0.762. The van der Waals surface area contributed by atoms with Crippen LogP contribution in [0.4, 0.5) is 11.4 Å². The van der Waals surface area contributed by atoms with Crippen LogP contribution in [-0.4, -0.2) is 47.5 Å². The van der Waals surface area contributed by atoms with E-state index in [0.717, 1.165) is 31.4 Å². The largest absolute Gasteiger partial charge is 0.481 e. The molecule has 7 nitrogen and oxygen atoms in total. The molecule has 0 radical (unpaired) electrons. The lowest BCUT2D eigenvalue weighted by Gasteiger charge is -2.32. The number of amides is 1. The summed E-state index contributed by atoms with van der Waals surface area (Å²) in [7, 11) is 4.26. The van der Waals surface area contributed by atoms with E-state index < -0.39 is 5.97 Å². The summed E-state index contributed by atoms with van der Waals surface area (Å²) < 4.78 is 2.26. The van der Waals surface area contributed by atoms with E-state index >= 15 is 0 Å². The molecule has 1 amide bonds. The minimum Gasteiger partial charge on any atom is -0.481 e. The zero-order valence-electron chi connectivity index (χ0n) is 31.7. The second-order valence-corrected chi connectivity index (χ2v) is 14.8. The van der Waals surface area contributed by atoms with Gasteiger partial charge in [0, 0.05) is 54.4 Å². The van der Waals surface area contributed by atoms with E-state index in [9.17, 15) is 14.7 Å². The highest BCUT2D eigenvalue weighted by Gasteiger charge is 2.47. The van der Waals surface area contributed by atoms with Gasteiger partial charge < -0.3 is 21.1 Å². The summed E-state index contributed by atoms with van der Waals surface area (Å²) in [5.41, 5.74) is 12.6. The fourth-order valence-electron chi connectivity index (χ4n) is 8.93. The number of fused-ring (bicyclic) bond motifs is 6. The van der Waals surface area contributed by atoms with Gasteiger partial charge in [0.25, 0.3) is 0 Å². The van der Waals surface area contributed by atoms with Crippen molar-refractivity contribution in [2.45, 2.75) is 82.7 Å². The van der Waals surface area contributed by atoms with Crippen molar-refractivity contribution in [2.75, 3.05) is 19.0 Å². The number of carbonyl (C=O) groups is 2. The van der Waals surface area contributed by atoms with Crippen LogP contribution in [-0.2, 0) is 20.4 Å². The van der Waals surface area contributed by atoms with Crippen LogP contribution in [0.3, 0.4) is 0 Å². The first-order valence-electron chi connectivity index (χ1n) is 18.9. The monoisotopic (exact) mass is 709 g/mol. The van der Waals surface area contributed by atoms with E-state index in [-0.39, 0.29) is 29.3 Å². The molecule has 53 heavy (non-hydrogen) atoms. The average molecular weight is 710 g/mol. The quantitative estimate of drug-likeness (QED) is 0.0689. The Bertz CT molecular complexity index is 2190. The maximum atomic E-state index is 12.6. The number of benzene rings is 4. The molecule has 6 rings (SSSR count). The number of allylic oxidation sites excluding steroid dienone is 8. The van der Waals surface area contributed by atoms with Crippen molar-refractivity contribution in [3.8, 4) is 0 Å². The normalized spacial score (nSPS) is 21.2. The van der Waals surface area contributed by atoms with Crippen LogP contribution in [0.5, 0.6) is 0 Å². The lowest BCUT2D eigenvalue weighted by molar-refractivity contribution is -0.401. The first-order chi connectivity index (χ1) is 25.5. The fourth-order valence-corrected chi connectivity index (χ4v) is 8.93. The first-order valence-corrected chi connectivity index (χ1v) is 18.9. The first kappa shape index (κ1) is 37.5. The highest BCUT2D eigenvalue weighted by Crippen LogP contribution is 2.54. The Balaban J connectivity index is 1.27. The molecule has 2 aliphatic rings. The molecule has 0 saturated carbocycles. The highest BCUT2D eigenvalue weighted by atomic mass is 16.4. The van der Waals surface area contributed by atoms with E-state index in [2.05, 4.69) is 158 Å². The van der Waals surface area contributed by atoms with Crippen molar-refractivity contribution in [3.05, 3.63) is 132 Å². The van der Waals surface area contributed by atoms with Gasteiger partial charge in [-0.3, -0.25) is 9.59 Å². The van der Waals surface area contributed by atoms with Gasteiger partial charge >= 0.3 is 5.97 Å². The molecule has 4 aromatic rings. The number of carbonyl (C=O) groups excluding carboxylic acids is 1. The van der Waals surface area contributed by atoms with E-state index in [1.54, 1.807) is 6.92 Å². The van der Waals surface area contributed by atoms with Crippen molar-refractivity contribution in [3.63, 3.8) is 0 Å². The molecule has 3 atom stereocenters. The third-order valence-corrected chi connectivity index (χ3v) is 11.4. The van der Waals surface area contributed by atoms with Crippen LogP contribution in [0, 0.1) is 0 Å². The number of carboxylic acids is 1. The molecule has 274 valence electrons. The Labute approximate surface area is 313 Å². The Morgan fingerprint density at radius 3 is 2.17 bits per heavy atom. The number of likely N-dealkylation sites (N-methyl/N-ethyl adjacent to an activating group) is 1. The molecular formula is C46H53N4O3+. The molecule has 0 saturated heterocycles. The second-order valence-electron chi connectivity index (χ2n) is 14.8. The predicted molar refractivity (Wildman–Crippen MR) is 219 cm³/mol. The molecule has 4 N–H and O–H groups in total. The van der Waals surface area contributed by atoms with Gasteiger partial charge in [0.05, 0.1) is 11.6 Å². The number of hydrogen-bond acceptors (Lipinski definition) is 4. The van der Waals surface area contributed by atoms with Gasteiger partial charge in [-0.1, -0.05) is 91.9 Å². The van der Waals surface area contributed by atoms with E-state index in [0.29, 0.717) is 12.8 Å². The van der Waals surface area contributed by atoms with Crippen LogP contribution in [0.1, 0.15) is 76.8 Å². The third kappa shape index (κ3) is 7.23. The Morgan fingerprint density at radius 2 is 1.49 bits per heavy atom. The molecule has 2 aliphatic heterocycles. The zero-order chi connectivity index (χ0) is 37.8. The summed E-state index contributed by atoms with van der Waals surface area (Å²) in [6.45, 7) is 6.29. The standard InChI is InChI=1S/C46H52N4O3/c1-6-46(31-16-24-41(51)48-32(2)47)40(50(5)38-29-27-34-19-13-15-21-36(34)44(38)46)23-11-9-7-8-10-22-39-45(3,30-17-25-42(52)53)43-35-20-14-12-18-33(35)26-28-37(43)49(39)4/h7-15,18-23,26-29,32H,6,16-17,24-25,30-31,47H2,1-5H3,(H-,48,51,52,53)/p+1. The van der Waals surface area contributed by atoms with Crippen molar-refractivity contribution in [1.29, 1.82) is 0 Å². The summed E-state index contributed by atoms with van der Waals surface area (Å²) in [6.07, 6.45) is 18.8. The number of hydrogen-bond donors (Lipinski definition) is 3. The smallest absolute Gasteiger partial charge is 0.303 e. The van der Waals surface area contributed by atoms with Gasteiger partial charge in [-0.15, -0.1) is 0 Å². The summed E-state index contributed by atoms with van der Waals surface area (Å²) in [5.74, 6) is -0.777. The zero-order valence-corrected chi connectivity index (χ0v) is 31.7. The predicted octanol–water partition coefficient (Wildman–Crippen LogP) is 9.18. The molecular weight excluding hydrogens is 657 g/mol. The number of nitrogens with one attached hydrogen (secondary N) is 1. The number of anilines is 1. The molecule has 2 heterocycles. The van der Waals surface area contributed by atoms with Crippen molar-refractivity contribution in [2.24, 2.45) is 5.73 Å². The van der Waals surface area contributed by atoms with Crippen LogP contribution < -0.4 is 16.0 Å². The van der Waals surface area contributed by atoms with Gasteiger partial charge in [0.2, 0.25) is 11.6 Å². The lowest BCUT2D eigenvalue weighted by atomic mass is 9.71. The number of carboxylic acid groups (broad SMARTS) is 1. The van der Waals surface area contributed by atoms with Crippen LogP contribution in [0.25, 0.3) is 21.5 Å². The number of aliphatic carboxylic acids is 1. The molecule has 0 bridgehead atoms. The average Bonchev–Trinajstić information content (AvgIpc) is 3.50. The fraction of sp³-hybridized carbons (Fsp3) is 0.326. The Morgan fingerprint density at radius 1 is 0.868 bits per heavy atom. The van der Waals surface area contributed by atoms with Gasteiger partial charge in [-0.05, 0) is 91.3 Å². The Kier molecular flexibility index (Phi) is 11.2. The number of rotatable bonds is 14. The molecule has 0 aliphatic carbocycles. The van der Waals surface area contributed by atoms with Crippen LogP contribution >= 0.6 is 0 Å². The SMILES string of the molecule is CCC1(CCCC(=O)NC(C)N)\C(=C/C=C/C=C/C=C/C2=[N+](C)c3ccc4ccccc4c3C2(C)CCCC(=O)O)N(C)c2ccc3ccccc3c21. The maximum absolute atomic E-state index is 12.6. The summed E-state index contributed by atoms with van der Waals surface area (Å²) in [6, 6.07) is 25.8. The van der Waals surface area contributed by atoms with Gasteiger partial charge in [0.1, 0.15) is 7.05 Å². The van der Waals surface area contributed by atoms with E-state index in [4.69, 9.17) is 5.73 Å². The van der Waals surface area contributed by atoms with Gasteiger partial charge in [-0.25, -0.2) is 0 Å². The minimum absolute atomic E-state index is 0.0147. The summed E-state index contributed by atoms with van der Waals surface area (Å²) in [5, 5.41) is 17.2. The van der Waals surface area contributed by atoms with Crippen molar-refractivity contribution < 1.29 is 19.3 Å². The Hall–Kier alpha value is -5.27. The van der Waals surface area contributed by atoms with Crippen LogP contribution in [0.15, 0.2) is 121 Å². The van der Waals surface area contributed by atoms with E-state index in [1.807, 2.05) is 0 Å². The second kappa shape index (κ2) is 15.8. The van der Waals surface area contributed by atoms with E-state index in [1.165, 1.54) is 49.7 Å². The number of nitrogens with two attached hydrogens (primary N) is 1. The molecule has 0 fully saturated rings. The van der Waals surface area contributed by atoms with Crippen molar-refractivity contribution >= 4 is 50.5 Å². The van der Waals surface area contributed by atoms with Crippen LogP contribution in [0.2, 0.25) is 0 Å². The molecule has 7 heteroatoms. The number of nitrogens with zero attached hydrogens (tertiary/aromatic N) is 2.